The van der Waals surface area contributed by atoms with Crippen LogP contribution in [0.4, 0.5) is 11.4 Å². The van der Waals surface area contributed by atoms with Gasteiger partial charge in [0.05, 0.1) is 29.6 Å². The molecule has 3 N–H and O–H groups in total. The lowest BCUT2D eigenvalue weighted by Crippen LogP contribution is -2.33. The molecule has 0 saturated heterocycles. The molecule has 0 fully saturated rings. The van der Waals surface area contributed by atoms with Gasteiger partial charge >= 0.3 is 11.8 Å². The van der Waals surface area contributed by atoms with Crippen LogP contribution in [0.15, 0.2) is 77.9 Å². The lowest BCUT2D eigenvalue weighted by molar-refractivity contribution is -0.136. The number of fused-ring (bicyclic) bond motifs is 1. The van der Waals surface area contributed by atoms with Gasteiger partial charge in [0.1, 0.15) is 10.9 Å². The number of rotatable bonds is 7. The second-order valence-corrected chi connectivity index (χ2v) is 8.53. The van der Waals surface area contributed by atoms with E-state index in [0.717, 1.165) is 16.5 Å². The molecule has 0 spiro atoms. The molecule has 0 unspecified atom stereocenters. The molecule has 10 heteroatoms. The average molecular weight is 530 g/mol. The van der Waals surface area contributed by atoms with Crippen LogP contribution < -0.4 is 20.8 Å². The van der Waals surface area contributed by atoms with Crippen molar-refractivity contribution in [2.75, 3.05) is 17.2 Å². The monoisotopic (exact) mass is 529 g/mol. The van der Waals surface area contributed by atoms with Gasteiger partial charge in [-0.1, -0.05) is 35.9 Å². The number of halogens is 1. The number of carbonyl (C=O) groups is 3. The molecule has 0 aliphatic rings. The van der Waals surface area contributed by atoms with Crippen LogP contribution in [0.5, 0.6) is 5.75 Å². The summed E-state index contributed by atoms with van der Waals surface area (Å²) < 4.78 is 5.40. The van der Waals surface area contributed by atoms with Crippen LogP contribution in [0.2, 0.25) is 5.15 Å². The lowest BCUT2D eigenvalue weighted by Gasteiger charge is -2.11. The molecule has 3 aromatic carbocycles. The molecule has 192 valence electrons. The zero-order chi connectivity index (χ0) is 27.1. The van der Waals surface area contributed by atoms with Crippen molar-refractivity contribution in [1.82, 2.24) is 10.4 Å². The Hall–Kier alpha value is -4.76. The number of benzene rings is 3. The van der Waals surface area contributed by atoms with Crippen molar-refractivity contribution in [3.05, 3.63) is 94.6 Å². The zero-order valence-corrected chi connectivity index (χ0v) is 21.4. The second kappa shape index (κ2) is 12.0. The molecule has 0 saturated carbocycles. The van der Waals surface area contributed by atoms with Gasteiger partial charge in [-0.2, -0.15) is 5.10 Å². The largest absolute Gasteiger partial charge is 0.494 e. The molecule has 1 aromatic heterocycles. The Labute approximate surface area is 223 Å². The first-order valence-corrected chi connectivity index (χ1v) is 12.1. The maximum atomic E-state index is 12.8. The number of carbonyl (C=O) groups excluding carboxylic acids is 3. The normalized spacial score (nSPS) is 10.8. The summed E-state index contributed by atoms with van der Waals surface area (Å²) in [5.41, 5.74) is 5.31. The van der Waals surface area contributed by atoms with E-state index < -0.39 is 17.7 Å². The maximum Gasteiger partial charge on any atom is 0.329 e. The van der Waals surface area contributed by atoms with Gasteiger partial charge < -0.3 is 15.4 Å². The van der Waals surface area contributed by atoms with Crippen molar-refractivity contribution in [1.29, 1.82) is 0 Å². The maximum absolute atomic E-state index is 12.8. The molecular formula is C28H24ClN5O4. The third kappa shape index (κ3) is 6.51. The number of amides is 3. The van der Waals surface area contributed by atoms with Crippen molar-refractivity contribution >= 4 is 57.8 Å². The van der Waals surface area contributed by atoms with E-state index in [9.17, 15) is 14.4 Å². The molecule has 0 aliphatic heterocycles. The Morgan fingerprint density at radius 2 is 1.74 bits per heavy atom. The number of aryl methyl sites for hydroxylation is 1. The Morgan fingerprint density at radius 3 is 2.50 bits per heavy atom. The molecule has 38 heavy (non-hydrogen) atoms. The molecule has 4 rings (SSSR count). The summed E-state index contributed by atoms with van der Waals surface area (Å²) >= 11 is 6.23. The number of nitrogens with one attached hydrogen (secondary N) is 3. The van der Waals surface area contributed by atoms with Crippen LogP contribution in [0.3, 0.4) is 0 Å². The van der Waals surface area contributed by atoms with Crippen LogP contribution in [0.25, 0.3) is 10.9 Å². The molecule has 0 radical (unpaired) electrons. The van der Waals surface area contributed by atoms with Crippen molar-refractivity contribution in [3.63, 3.8) is 0 Å². The number of nitrogens with zero attached hydrogens (tertiary/aromatic N) is 2. The average Bonchev–Trinajstić information content (AvgIpc) is 2.90. The third-order valence-corrected chi connectivity index (χ3v) is 5.68. The van der Waals surface area contributed by atoms with E-state index in [1.165, 1.54) is 18.3 Å². The molecule has 0 aliphatic carbocycles. The smallest absolute Gasteiger partial charge is 0.329 e. The second-order valence-electron chi connectivity index (χ2n) is 8.17. The highest BCUT2D eigenvalue weighted by Crippen LogP contribution is 2.21. The van der Waals surface area contributed by atoms with Crippen molar-refractivity contribution < 1.29 is 19.1 Å². The van der Waals surface area contributed by atoms with Gasteiger partial charge in [0.2, 0.25) is 0 Å². The van der Waals surface area contributed by atoms with E-state index in [4.69, 9.17) is 16.3 Å². The van der Waals surface area contributed by atoms with Crippen LogP contribution in [-0.2, 0) is 9.59 Å². The summed E-state index contributed by atoms with van der Waals surface area (Å²) in [5.74, 6) is -1.80. The van der Waals surface area contributed by atoms with Crippen LogP contribution >= 0.6 is 11.6 Å². The van der Waals surface area contributed by atoms with Crippen LogP contribution in [0.1, 0.15) is 28.4 Å². The van der Waals surface area contributed by atoms with E-state index in [2.05, 4.69) is 26.1 Å². The number of ether oxygens (including phenoxy) is 1. The van der Waals surface area contributed by atoms with Gasteiger partial charge in [-0.25, -0.2) is 10.4 Å². The SMILES string of the molecule is CCOc1ccc(NC(=O)c2ccccc2NC(=O)C(=O)N/N=C\c2cc3ccc(C)cc3nc2Cl)cc1. The summed E-state index contributed by atoms with van der Waals surface area (Å²) in [6.45, 7) is 4.37. The zero-order valence-electron chi connectivity index (χ0n) is 20.6. The van der Waals surface area contributed by atoms with E-state index in [1.54, 1.807) is 42.5 Å². The van der Waals surface area contributed by atoms with Gasteiger partial charge in [-0.15, -0.1) is 0 Å². The quantitative estimate of drug-likeness (QED) is 0.135. The first-order chi connectivity index (χ1) is 18.3. The molecule has 9 nitrogen and oxygen atoms in total. The fraction of sp³-hybridized carbons (Fsp3) is 0.107. The summed E-state index contributed by atoms with van der Waals surface area (Å²) in [5, 5.41) is 10.1. The first-order valence-electron chi connectivity index (χ1n) is 11.7. The summed E-state index contributed by atoms with van der Waals surface area (Å²) in [6, 6.07) is 20.7. The predicted molar refractivity (Wildman–Crippen MR) is 148 cm³/mol. The Kier molecular flexibility index (Phi) is 8.30. The van der Waals surface area contributed by atoms with E-state index >= 15 is 0 Å². The number of hydrogen-bond acceptors (Lipinski definition) is 6. The molecule has 1 heterocycles. The van der Waals surface area contributed by atoms with Crippen LogP contribution in [0, 0.1) is 6.92 Å². The molecular weight excluding hydrogens is 506 g/mol. The summed E-state index contributed by atoms with van der Waals surface area (Å²) in [6.07, 6.45) is 1.30. The number of hydrazone groups is 1. The number of pyridine rings is 1. The number of anilines is 2. The van der Waals surface area contributed by atoms with Gasteiger partial charge in [0, 0.05) is 16.6 Å². The summed E-state index contributed by atoms with van der Waals surface area (Å²) in [4.78, 5) is 42.0. The van der Waals surface area contributed by atoms with E-state index in [1.807, 2.05) is 32.0 Å². The standard InChI is InChI=1S/C28H24ClN5O4/c1-3-38-21-12-10-20(11-13-21)31-26(35)22-6-4-5-7-23(22)33-27(36)28(37)34-30-16-19-15-18-9-8-17(2)14-24(18)32-25(19)29/h4-16H,3H2,1-2H3,(H,31,35)(H,33,36)(H,34,37)/b30-16-. The first kappa shape index (κ1) is 26.3. The lowest BCUT2D eigenvalue weighted by atomic mass is 10.1. The fourth-order valence-electron chi connectivity index (χ4n) is 3.54. The third-order valence-electron chi connectivity index (χ3n) is 5.37. The highest BCUT2D eigenvalue weighted by atomic mass is 35.5. The Balaban J connectivity index is 1.39. The molecule has 0 bridgehead atoms. The number of hydrogen-bond donors (Lipinski definition) is 3. The van der Waals surface area contributed by atoms with E-state index in [0.29, 0.717) is 23.6 Å². The van der Waals surface area contributed by atoms with Crippen molar-refractivity contribution in [3.8, 4) is 5.75 Å². The van der Waals surface area contributed by atoms with Gasteiger partial charge in [0.25, 0.3) is 5.91 Å². The molecule has 4 aromatic rings. The molecule has 0 atom stereocenters. The van der Waals surface area contributed by atoms with Gasteiger partial charge in [-0.3, -0.25) is 14.4 Å². The Bertz CT molecular complexity index is 1540. The molecule has 3 amide bonds. The van der Waals surface area contributed by atoms with Gasteiger partial charge in [-0.05, 0) is 67.9 Å². The van der Waals surface area contributed by atoms with Gasteiger partial charge in [0.15, 0.2) is 0 Å². The number of aromatic nitrogens is 1. The summed E-state index contributed by atoms with van der Waals surface area (Å²) in [7, 11) is 0. The van der Waals surface area contributed by atoms with Crippen molar-refractivity contribution in [2.24, 2.45) is 5.10 Å². The fourth-order valence-corrected chi connectivity index (χ4v) is 3.73. The minimum Gasteiger partial charge on any atom is -0.494 e. The number of para-hydroxylation sites is 1. The topological polar surface area (TPSA) is 122 Å². The highest BCUT2D eigenvalue weighted by molar-refractivity contribution is 6.40. The Morgan fingerprint density at radius 1 is 0.974 bits per heavy atom. The predicted octanol–water partition coefficient (Wildman–Crippen LogP) is 4.94. The minimum atomic E-state index is -1.02. The van der Waals surface area contributed by atoms with Crippen LogP contribution in [-0.4, -0.2) is 35.5 Å². The minimum absolute atomic E-state index is 0.164. The highest BCUT2D eigenvalue weighted by Gasteiger charge is 2.18. The van der Waals surface area contributed by atoms with E-state index in [-0.39, 0.29) is 16.4 Å². The van der Waals surface area contributed by atoms with Crippen molar-refractivity contribution in [2.45, 2.75) is 13.8 Å².